The molecule has 0 spiro atoms. The fraction of sp³-hybridized carbons (Fsp3) is 0.125. The van der Waals surface area contributed by atoms with Crippen molar-refractivity contribution in [2.75, 3.05) is 0 Å². The summed E-state index contributed by atoms with van der Waals surface area (Å²) >= 11 is 4.13. The molecule has 4 nitrogen and oxygen atoms in total. The molecule has 0 radical (unpaired) electrons. The van der Waals surface area contributed by atoms with Crippen LogP contribution in [0.15, 0.2) is 30.3 Å². The van der Waals surface area contributed by atoms with Crippen LogP contribution in [0.4, 0.5) is 0 Å². The minimum Gasteiger partial charge on any atom is -0.197 e. The number of hydrogen-bond acceptors (Lipinski definition) is 4. The summed E-state index contributed by atoms with van der Waals surface area (Å²) in [7, 11) is 0. The fourth-order valence-electron chi connectivity index (χ4n) is 1.07. The van der Waals surface area contributed by atoms with Gasteiger partial charge in [0.05, 0.1) is 11.4 Å². The van der Waals surface area contributed by atoms with Gasteiger partial charge < -0.3 is 0 Å². The van der Waals surface area contributed by atoms with Crippen molar-refractivity contribution in [2.24, 2.45) is 0 Å². The van der Waals surface area contributed by atoms with E-state index in [2.05, 4.69) is 28.2 Å². The molecular weight excluding hydrogens is 184 g/mol. The minimum atomic E-state index is 0.530. The summed E-state index contributed by atoms with van der Waals surface area (Å²) in [6.45, 7) is 0. The van der Waals surface area contributed by atoms with Crippen molar-refractivity contribution in [2.45, 2.75) is 5.75 Å². The zero-order valence-electron chi connectivity index (χ0n) is 6.83. The first-order valence-electron chi connectivity index (χ1n) is 3.85. The normalized spacial score (nSPS) is 10.2. The number of benzene rings is 1. The van der Waals surface area contributed by atoms with Gasteiger partial charge in [-0.25, -0.2) is 0 Å². The third-order valence-electron chi connectivity index (χ3n) is 1.68. The van der Waals surface area contributed by atoms with Gasteiger partial charge in [0.15, 0.2) is 5.82 Å². The quantitative estimate of drug-likeness (QED) is 0.724. The molecule has 0 fully saturated rings. The van der Waals surface area contributed by atoms with Crippen molar-refractivity contribution in [1.82, 2.24) is 20.2 Å². The maximum atomic E-state index is 4.13. The van der Waals surface area contributed by atoms with Crippen molar-refractivity contribution in [3.05, 3.63) is 36.2 Å². The molecule has 0 aliphatic heterocycles. The van der Waals surface area contributed by atoms with Crippen molar-refractivity contribution < 1.29 is 0 Å². The Balaban J connectivity index is 2.47. The Morgan fingerprint density at radius 3 is 2.69 bits per heavy atom. The lowest BCUT2D eigenvalue weighted by molar-refractivity contribution is 0.778. The summed E-state index contributed by atoms with van der Waals surface area (Å²) in [5.74, 6) is 1.27. The van der Waals surface area contributed by atoms with Crippen LogP contribution in [0.2, 0.25) is 0 Å². The lowest BCUT2D eigenvalue weighted by atomic mass is 10.3. The molecule has 0 atom stereocenters. The van der Waals surface area contributed by atoms with E-state index in [1.165, 1.54) is 0 Å². The second kappa shape index (κ2) is 3.57. The average molecular weight is 192 g/mol. The van der Waals surface area contributed by atoms with E-state index in [-0.39, 0.29) is 0 Å². The van der Waals surface area contributed by atoms with Gasteiger partial charge in [-0.3, -0.25) is 0 Å². The largest absolute Gasteiger partial charge is 0.197 e. The molecule has 5 heteroatoms. The first kappa shape index (κ1) is 8.25. The van der Waals surface area contributed by atoms with E-state index >= 15 is 0 Å². The average Bonchev–Trinajstić information content (AvgIpc) is 2.67. The minimum absolute atomic E-state index is 0.530. The molecule has 0 saturated heterocycles. The predicted molar refractivity (Wildman–Crippen MR) is 51.8 cm³/mol. The Bertz CT molecular complexity index is 384. The highest BCUT2D eigenvalue weighted by Gasteiger charge is 2.04. The zero-order chi connectivity index (χ0) is 9.10. The second-order valence-electron chi connectivity index (χ2n) is 2.50. The number of para-hydroxylation sites is 1. The zero-order valence-corrected chi connectivity index (χ0v) is 7.72. The van der Waals surface area contributed by atoms with Crippen LogP contribution in [0.1, 0.15) is 5.82 Å². The summed E-state index contributed by atoms with van der Waals surface area (Å²) < 4.78 is 1.67. The second-order valence-corrected chi connectivity index (χ2v) is 2.82. The van der Waals surface area contributed by atoms with Crippen LogP contribution in [-0.4, -0.2) is 20.2 Å². The molecule has 1 heterocycles. The summed E-state index contributed by atoms with van der Waals surface area (Å²) in [5, 5.41) is 11.3. The van der Waals surface area contributed by atoms with Gasteiger partial charge in [-0.2, -0.15) is 17.3 Å². The Hall–Kier alpha value is -1.36. The van der Waals surface area contributed by atoms with E-state index in [0.29, 0.717) is 5.75 Å². The van der Waals surface area contributed by atoms with Gasteiger partial charge in [-0.05, 0) is 22.6 Å². The Labute approximate surface area is 81.0 Å². The van der Waals surface area contributed by atoms with E-state index in [4.69, 9.17) is 0 Å². The van der Waals surface area contributed by atoms with Crippen LogP contribution in [0.3, 0.4) is 0 Å². The Morgan fingerprint density at radius 1 is 1.23 bits per heavy atom. The van der Waals surface area contributed by atoms with Crippen LogP contribution in [0, 0.1) is 0 Å². The van der Waals surface area contributed by atoms with Crippen molar-refractivity contribution in [3.8, 4) is 5.69 Å². The van der Waals surface area contributed by atoms with Gasteiger partial charge in [0.2, 0.25) is 0 Å². The molecule has 2 rings (SSSR count). The van der Waals surface area contributed by atoms with Crippen molar-refractivity contribution in [1.29, 1.82) is 0 Å². The lowest BCUT2D eigenvalue weighted by Crippen LogP contribution is -2.00. The van der Waals surface area contributed by atoms with Gasteiger partial charge in [0.25, 0.3) is 0 Å². The summed E-state index contributed by atoms with van der Waals surface area (Å²) in [6, 6.07) is 9.74. The first-order chi connectivity index (χ1) is 6.42. The standard InChI is InChI=1S/C8H8N4S/c13-6-8-9-10-11-12(8)7-4-2-1-3-5-7/h1-5,13H,6H2. The highest BCUT2D eigenvalue weighted by atomic mass is 32.1. The third-order valence-corrected chi connectivity index (χ3v) is 1.96. The first-order valence-corrected chi connectivity index (χ1v) is 4.48. The molecule has 1 aromatic heterocycles. The van der Waals surface area contributed by atoms with E-state index in [0.717, 1.165) is 11.5 Å². The summed E-state index contributed by atoms with van der Waals surface area (Å²) in [5.41, 5.74) is 0.955. The van der Waals surface area contributed by atoms with Crippen LogP contribution in [0.25, 0.3) is 5.69 Å². The monoisotopic (exact) mass is 192 g/mol. The Morgan fingerprint density at radius 2 is 2.00 bits per heavy atom. The third kappa shape index (κ3) is 1.55. The molecule has 0 amide bonds. The predicted octanol–water partition coefficient (Wildman–Crippen LogP) is 1.09. The number of hydrogen-bond donors (Lipinski definition) is 1. The molecule has 0 unspecified atom stereocenters. The number of rotatable bonds is 2. The molecule has 2 aromatic rings. The maximum absolute atomic E-state index is 4.13. The molecule has 1 aromatic carbocycles. The van der Waals surface area contributed by atoms with Crippen LogP contribution in [-0.2, 0) is 5.75 Å². The molecule has 0 saturated carbocycles. The van der Waals surface area contributed by atoms with Crippen molar-refractivity contribution >= 4 is 12.6 Å². The number of tetrazole rings is 1. The molecule has 66 valence electrons. The van der Waals surface area contributed by atoms with Gasteiger partial charge in [-0.1, -0.05) is 18.2 Å². The summed E-state index contributed by atoms with van der Waals surface area (Å²) in [4.78, 5) is 0. The number of aromatic nitrogens is 4. The van der Waals surface area contributed by atoms with Gasteiger partial charge in [-0.15, -0.1) is 5.10 Å². The van der Waals surface area contributed by atoms with E-state index in [1.807, 2.05) is 30.3 Å². The topological polar surface area (TPSA) is 43.6 Å². The molecule has 0 aliphatic carbocycles. The van der Waals surface area contributed by atoms with Crippen LogP contribution in [0.5, 0.6) is 0 Å². The molecular formula is C8H8N4S. The highest BCUT2D eigenvalue weighted by Crippen LogP contribution is 2.07. The van der Waals surface area contributed by atoms with Crippen molar-refractivity contribution in [3.63, 3.8) is 0 Å². The molecule has 0 aliphatic rings. The van der Waals surface area contributed by atoms with Crippen LogP contribution < -0.4 is 0 Å². The maximum Gasteiger partial charge on any atom is 0.166 e. The van der Waals surface area contributed by atoms with E-state index in [1.54, 1.807) is 4.68 Å². The SMILES string of the molecule is SCc1nnnn1-c1ccccc1. The van der Waals surface area contributed by atoms with Gasteiger partial charge in [0, 0.05) is 0 Å². The number of thiol groups is 1. The number of nitrogens with zero attached hydrogens (tertiary/aromatic N) is 4. The smallest absolute Gasteiger partial charge is 0.166 e. The summed E-state index contributed by atoms with van der Waals surface area (Å²) in [6.07, 6.45) is 0. The van der Waals surface area contributed by atoms with Gasteiger partial charge in [0.1, 0.15) is 0 Å². The van der Waals surface area contributed by atoms with Gasteiger partial charge >= 0.3 is 0 Å². The van der Waals surface area contributed by atoms with E-state index in [9.17, 15) is 0 Å². The fourth-order valence-corrected chi connectivity index (χ4v) is 1.27. The Kier molecular flexibility index (Phi) is 2.27. The van der Waals surface area contributed by atoms with E-state index < -0.39 is 0 Å². The molecule has 13 heavy (non-hydrogen) atoms. The highest BCUT2D eigenvalue weighted by molar-refractivity contribution is 7.79. The molecule has 0 bridgehead atoms. The van der Waals surface area contributed by atoms with Crippen LogP contribution >= 0.6 is 12.6 Å². The lowest BCUT2D eigenvalue weighted by Gasteiger charge is -2.00. The molecule has 0 N–H and O–H groups in total.